The zero-order chi connectivity index (χ0) is 31.9. The van der Waals surface area contributed by atoms with Gasteiger partial charge in [-0.05, 0) is 57.4 Å². The highest BCUT2D eigenvalue weighted by atomic mass is 16.5. The Balaban J connectivity index is 1.52. The Kier molecular flexibility index (Phi) is 9.59. The molecule has 45 heavy (non-hydrogen) atoms. The van der Waals surface area contributed by atoms with Gasteiger partial charge in [-0.2, -0.15) is 0 Å². The van der Waals surface area contributed by atoms with Crippen LogP contribution >= 0.6 is 0 Å². The lowest BCUT2D eigenvalue weighted by molar-refractivity contribution is -0.114. The molecule has 3 aromatic carbocycles. The first-order chi connectivity index (χ1) is 21.8. The van der Waals surface area contributed by atoms with Crippen molar-refractivity contribution in [2.75, 3.05) is 50.2 Å². The van der Waals surface area contributed by atoms with Gasteiger partial charge in [0.2, 0.25) is 11.9 Å². The number of aromatic nitrogens is 3. The Hall–Kier alpha value is -5.42. The summed E-state index contributed by atoms with van der Waals surface area (Å²) < 4.78 is 7.70. The summed E-state index contributed by atoms with van der Waals surface area (Å²) in [6.45, 7) is 3.40. The molecule has 0 bridgehead atoms. The van der Waals surface area contributed by atoms with Crippen LogP contribution in [0.1, 0.15) is 29.3 Å². The fourth-order valence-corrected chi connectivity index (χ4v) is 5.24. The van der Waals surface area contributed by atoms with Gasteiger partial charge in [0.05, 0.1) is 36.3 Å². The molecular formula is C34H37N7O4. The van der Waals surface area contributed by atoms with Crippen LogP contribution in [-0.2, 0) is 11.3 Å². The summed E-state index contributed by atoms with van der Waals surface area (Å²) in [5.74, 6) is 0.697. The van der Waals surface area contributed by atoms with Crippen molar-refractivity contribution >= 4 is 46.1 Å². The minimum atomic E-state index is -0.214. The summed E-state index contributed by atoms with van der Waals surface area (Å²) in [6, 6.07) is 18.5. The van der Waals surface area contributed by atoms with Gasteiger partial charge in [0.1, 0.15) is 17.2 Å². The molecule has 2 aromatic heterocycles. The quantitative estimate of drug-likeness (QED) is 0.0977. The van der Waals surface area contributed by atoms with E-state index in [0.717, 1.165) is 29.4 Å². The molecule has 0 spiro atoms. The van der Waals surface area contributed by atoms with Crippen molar-refractivity contribution in [1.29, 1.82) is 0 Å². The van der Waals surface area contributed by atoms with Crippen LogP contribution in [0.25, 0.3) is 22.2 Å². The Labute approximate surface area is 261 Å². The SMILES string of the molecule is COc1ccc(NC(C)=O)c(Nc2nccc(-c3cn(Cc4cccc(C=O)c4O)c4ccccc34)n2)c1NCCCN(C)C. The van der Waals surface area contributed by atoms with Gasteiger partial charge in [-0.15, -0.1) is 0 Å². The number of anilines is 4. The summed E-state index contributed by atoms with van der Waals surface area (Å²) in [6.07, 6.45) is 5.21. The maximum absolute atomic E-state index is 12.1. The molecule has 0 saturated carbocycles. The average molecular weight is 608 g/mol. The minimum absolute atomic E-state index is 0.0280. The van der Waals surface area contributed by atoms with E-state index in [9.17, 15) is 14.7 Å². The second-order valence-corrected chi connectivity index (χ2v) is 10.9. The van der Waals surface area contributed by atoms with Gasteiger partial charge < -0.3 is 35.3 Å². The van der Waals surface area contributed by atoms with E-state index < -0.39 is 0 Å². The fourth-order valence-electron chi connectivity index (χ4n) is 5.24. The highest BCUT2D eigenvalue weighted by Crippen LogP contribution is 2.40. The van der Waals surface area contributed by atoms with Crippen molar-refractivity contribution in [2.45, 2.75) is 19.9 Å². The Morgan fingerprint density at radius 2 is 1.89 bits per heavy atom. The van der Waals surface area contributed by atoms with Crippen molar-refractivity contribution in [3.05, 3.63) is 84.2 Å². The molecule has 5 rings (SSSR count). The number of aromatic hydroxyl groups is 1. The number of phenolic OH excluding ortho intramolecular Hbond substituents is 1. The maximum atomic E-state index is 12.1. The normalized spacial score (nSPS) is 11.0. The van der Waals surface area contributed by atoms with E-state index in [1.807, 2.05) is 55.2 Å². The van der Waals surface area contributed by atoms with Crippen molar-refractivity contribution in [3.8, 4) is 22.8 Å². The molecule has 5 aromatic rings. The molecule has 0 saturated heterocycles. The molecule has 0 fully saturated rings. The molecule has 232 valence electrons. The third kappa shape index (κ3) is 7.05. The number of nitrogens with one attached hydrogen (secondary N) is 3. The van der Waals surface area contributed by atoms with E-state index in [-0.39, 0.29) is 17.2 Å². The third-order valence-electron chi connectivity index (χ3n) is 7.36. The number of para-hydroxylation sites is 2. The van der Waals surface area contributed by atoms with Crippen LogP contribution < -0.4 is 20.7 Å². The molecule has 0 aliphatic carbocycles. The van der Waals surface area contributed by atoms with Crippen LogP contribution in [0.2, 0.25) is 0 Å². The van der Waals surface area contributed by atoms with Gasteiger partial charge in [0.25, 0.3) is 0 Å². The number of carbonyl (C=O) groups is 2. The number of benzene rings is 3. The van der Waals surface area contributed by atoms with Gasteiger partial charge in [-0.1, -0.05) is 30.3 Å². The summed E-state index contributed by atoms with van der Waals surface area (Å²) >= 11 is 0. The maximum Gasteiger partial charge on any atom is 0.227 e. The van der Waals surface area contributed by atoms with E-state index in [1.54, 1.807) is 43.6 Å². The standard InChI is InChI=1S/C34H37N7O4/c1-22(43)37-28-13-14-30(45-4)32(35-16-8-18-40(2)3)31(28)39-34-36-17-15-27(38-34)26-20-41(29-12-6-5-11-25(26)29)19-23-9-7-10-24(21-42)33(23)44/h5-7,9-15,17,20-21,35,44H,8,16,18-19H2,1-4H3,(H,37,43)(H,36,38,39). The smallest absolute Gasteiger partial charge is 0.227 e. The molecular weight excluding hydrogens is 570 g/mol. The second-order valence-electron chi connectivity index (χ2n) is 10.9. The van der Waals surface area contributed by atoms with Crippen LogP contribution in [0, 0.1) is 0 Å². The third-order valence-corrected chi connectivity index (χ3v) is 7.36. The molecule has 0 atom stereocenters. The Bertz CT molecular complexity index is 1830. The van der Waals surface area contributed by atoms with Gasteiger partial charge in [0.15, 0.2) is 6.29 Å². The highest BCUT2D eigenvalue weighted by Gasteiger charge is 2.18. The molecule has 4 N–H and O–H groups in total. The number of aldehydes is 1. The number of ether oxygens (including phenoxy) is 1. The van der Waals surface area contributed by atoms with Gasteiger partial charge in [-0.3, -0.25) is 9.59 Å². The topological polar surface area (TPSA) is 134 Å². The lowest BCUT2D eigenvalue weighted by Gasteiger charge is -2.20. The van der Waals surface area contributed by atoms with Crippen LogP contribution in [0.5, 0.6) is 11.5 Å². The van der Waals surface area contributed by atoms with E-state index in [1.165, 1.54) is 6.92 Å². The minimum Gasteiger partial charge on any atom is -0.507 e. The number of hydrogen-bond acceptors (Lipinski definition) is 9. The van der Waals surface area contributed by atoms with E-state index >= 15 is 0 Å². The molecule has 0 unspecified atom stereocenters. The van der Waals surface area contributed by atoms with Crippen molar-refractivity contribution in [1.82, 2.24) is 19.4 Å². The summed E-state index contributed by atoms with van der Waals surface area (Å²) in [4.78, 5) is 35.0. The van der Waals surface area contributed by atoms with Gasteiger partial charge in [-0.25, -0.2) is 9.97 Å². The molecule has 0 aliphatic rings. The summed E-state index contributed by atoms with van der Waals surface area (Å²) in [5.41, 5.74) is 5.20. The number of amides is 1. The van der Waals surface area contributed by atoms with Crippen LogP contribution in [0.4, 0.5) is 23.0 Å². The summed E-state index contributed by atoms with van der Waals surface area (Å²) in [7, 11) is 5.66. The number of carbonyl (C=O) groups excluding carboxylic acids is 2. The van der Waals surface area contributed by atoms with Crippen molar-refractivity contribution in [3.63, 3.8) is 0 Å². The molecule has 11 heteroatoms. The summed E-state index contributed by atoms with van der Waals surface area (Å²) in [5, 5.41) is 21.3. The van der Waals surface area contributed by atoms with E-state index in [4.69, 9.17) is 9.72 Å². The highest BCUT2D eigenvalue weighted by molar-refractivity contribution is 5.99. The first-order valence-electron chi connectivity index (χ1n) is 14.6. The fraction of sp³-hybridized carbons (Fsp3) is 0.235. The molecule has 2 heterocycles. The molecule has 0 radical (unpaired) electrons. The van der Waals surface area contributed by atoms with Crippen molar-refractivity contribution in [2.24, 2.45) is 0 Å². The predicted octanol–water partition coefficient (Wildman–Crippen LogP) is 5.74. The van der Waals surface area contributed by atoms with Crippen molar-refractivity contribution < 1.29 is 19.4 Å². The first-order valence-corrected chi connectivity index (χ1v) is 14.6. The Morgan fingerprint density at radius 3 is 2.64 bits per heavy atom. The largest absolute Gasteiger partial charge is 0.507 e. The number of rotatable bonds is 13. The van der Waals surface area contributed by atoms with Gasteiger partial charge in [0, 0.05) is 47.9 Å². The van der Waals surface area contributed by atoms with Crippen LogP contribution in [0.3, 0.4) is 0 Å². The number of methoxy groups -OCH3 is 1. The second kappa shape index (κ2) is 13.9. The van der Waals surface area contributed by atoms with Gasteiger partial charge >= 0.3 is 0 Å². The number of phenols is 1. The number of fused-ring (bicyclic) bond motifs is 1. The molecule has 1 amide bonds. The zero-order valence-electron chi connectivity index (χ0n) is 25.8. The lowest BCUT2D eigenvalue weighted by Crippen LogP contribution is -2.17. The number of hydrogen-bond donors (Lipinski definition) is 4. The number of nitrogens with zero attached hydrogens (tertiary/aromatic N) is 4. The van der Waals surface area contributed by atoms with E-state index in [2.05, 4.69) is 25.8 Å². The Morgan fingerprint density at radius 1 is 1.07 bits per heavy atom. The first kappa shape index (κ1) is 31.0. The zero-order valence-corrected chi connectivity index (χ0v) is 25.8. The molecule has 0 aliphatic heterocycles. The lowest BCUT2D eigenvalue weighted by atomic mass is 10.1. The van der Waals surface area contributed by atoms with E-state index in [0.29, 0.717) is 59.4 Å². The molecule has 11 nitrogen and oxygen atoms in total. The average Bonchev–Trinajstić information content (AvgIpc) is 3.39. The monoisotopic (exact) mass is 607 g/mol. The van der Waals surface area contributed by atoms with Crippen LogP contribution in [-0.4, -0.2) is 71.0 Å². The van der Waals surface area contributed by atoms with Crippen LogP contribution in [0.15, 0.2) is 73.1 Å². The predicted molar refractivity (Wildman–Crippen MR) is 178 cm³/mol.